The molecule has 1 N–H and O–H groups in total. The first-order valence-corrected chi connectivity index (χ1v) is 3.51. The van der Waals surface area contributed by atoms with E-state index in [4.69, 9.17) is 5.11 Å². The summed E-state index contributed by atoms with van der Waals surface area (Å²) in [6.07, 6.45) is 0. The minimum absolute atomic E-state index is 0.219. The summed E-state index contributed by atoms with van der Waals surface area (Å²) in [7, 11) is 1.38. The Morgan fingerprint density at radius 3 is 2.46 bits per heavy atom. The minimum atomic E-state index is -0.963. The topological polar surface area (TPSA) is 71.2 Å². The van der Waals surface area contributed by atoms with Crippen LogP contribution in [0.3, 0.4) is 0 Å². The fraction of sp³-hybridized carbons (Fsp3) is 0.125. The standard InChI is InChI=1S/C8H8N2O3/c1-13-10-9-7-4-2-6(3-5-7)8(11)12/h2-5H,1H3,(H,11,12). The number of hydrogen-bond acceptors (Lipinski definition) is 4. The molecule has 0 unspecified atom stereocenters. The zero-order valence-electron chi connectivity index (χ0n) is 6.97. The van der Waals surface area contributed by atoms with Crippen LogP contribution in [0.25, 0.3) is 0 Å². The van der Waals surface area contributed by atoms with Gasteiger partial charge in [-0.25, -0.2) is 4.79 Å². The van der Waals surface area contributed by atoms with Crippen LogP contribution >= 0.6 is 0 Å². The van der Waals surface area contributed by atoms with Crippen molar-refractivity contribution >= 4 is 11.7 Å². The first-order chi connectivity index (χ1) is 6.24. The largest absolute Gasteiger partial charge is 0.478 e. The van der Waals surface area contributed by atoms with Gasteiger partial charge in [-0.2, -0.15) is 0 Å². The third kappa shape index (κ3) is 2.55. The summed E-state index contributed by atoms with van der Waals surface area (Å²) in [5.41, 5.74) is 0.767. The third-order valence-electron chi connectivity index (χ3n) is 1.35. The van der Waals surface area contributed by atoms with Crippen LogP contribution in [0.2, 0.25) is 0 Å². The number of hydrogen-bond donors (Lipinski definition) is 1. The Hall–Kier alpha value is -1.91. The molecule has 0 saturated heterocycles. The second-order valence-electron chi connectivity index (χ2n) is 2.22. The summed E-state index contributed by atoms with van der Waals surface area (Å²) in [6.45, 7) is 0. The predicted octanol–water partition coefficient (Wildman–Crippen LogP) is 2.03. The number of carboxylic acid groups (broad SMARTS) is 1. The quantitative estimate of drug-likeness (QED) is 0.571. The highest BCUT2D eigenvalue weighted by Crippen LogP contribution is 2.13. The molecule has 0 atom stereocenters. The molecule has 0 amide bonds. The van der Waals surface area contributed by atoms with E-state index in [9.17, 15) is 4.79 Å². The van der Waals surface area contributed by atoms with E-state index in [1.807, 2.05) is 0 Å². The maximum absolute atomic E-state index is 10.4. The Kier molecular flexibility index (Phi) is 2.97. The Morgan fingerprint density at radius 2 is 2.00 bits per heavy atom. The maximum atomic E-state index is 10.4. The van der Waals surface area contributed by atoms with Crippen molar-refractivity contribution in [3.05, 3.63) is 29.8 Å². The van der Waals surface area contributed by atoms with Gasteiger partial charge < -0.3 is 9.94 Å². The van der Waals surface area contributed by atoms with E-state index in [1.54, 1.807) is 12.1 Å². The van der Waals surface area contributed by atoms with Gasteiger partial charge >= 0.3 is 5.97 Å². The molecule has 0 aliphatic carbocycles. The van der Waals surface area contributed by atoms with Gasteiger partial charge in [0.1, 0.15) is 7.11 Å². The van der Waals surface area contributed by atoms with E-state index in [-0.39, 0.29) is 5.56 Å². The summed E-state index contributed by atoms with van der Waals surface area (Å²) < 4.78 is 0. The van der Waals surface area contributed by atoms with Gasteiger partial charge in [-0.15, -0.1) is 5.11 Å². The SMILES string of the molecule is CON=Nc1ccc(C(=O)O)cc1. The van der Waals surface area contributed by atoms with Crippen LogP contribution in [0.1, 0.15) is 10.4 Å². The second-order valence-corrected chi connectivity index (χ2v) is 2.22. The predicted molar refractivity (Wildman–Crippen MR) is 44.9 cm³/mol. The number of carbonyl (C=O) groups is 1. The van der Waals surface area contributed by atoms with Crippen LogP contribution in [0, 0.1) is 0 Å². The summed E-state index contributed by atoms with van der Waals surface area (Å²) in [5, 5.41) is 15.5. The Labute approximate surface area is 74.6 Å². The summed E-state index contributed by atoms with van der Waals surface area (Å²) >= 11 is 0. The van der Waals surface area contributed by atoms with Gasteiger partial charge in [0.15, 0.2) is 0 Å². The van der Waals surface area contributed by atoms with Crippen LogP contribution < -0.4 is 0 Å². The first-order valence-electron chi connectivity index (χ1n) is 3.51. The van der Waals surface area contributed by atoms with Crippen LogP contribution in [0.5, 0.6) is 0 Å². The van der Waals surface area contributed by atoms with Crippen molar-refractivity contribution in [2.75, 3.05) is 7.11 Å². The molecule has 5 heteroatoms. The molecule has 5 nitrogen and oxygen atoms in total. The normalized spacial score (nSPS) is 10.2. The van der Waals surface area contributed by atoms with Crippen LogP contribution in [-0.4, -0.2) is 18.2 Å². The third-order valence-corrected chi connectivity index (χ3v) is 1.35. The molecule has 1 rings (SSSR count). The average molecular weight is 180 g/mol. The fourth-order valence-electron chi connectivity index (χ4n) is 0.759. The number of aromatic carboxylic acids is 1. The molecule has 0 aliphatic heterocycles. The number of nitrogens with zero attached hydrogens (tertiary/aromatic N) is 2. The summed E-state index contributed by atoms with van der Waals surface area (Å²) in [4.78, 5) is 14.8. The summed E-state index contributed by atoms with van der Waals surface area (Å²) in [6, 6.07) is 6.00. The fourth-order valence-corrected chi connectivity index (χ4v) is 0.759. The molecule has 1 aromatic rings. The molecule has 0 aliphatic rings. The van der Waals surface area contributed by atoms with Gasteiger partial charge in [0, 0.05) is 5.28 Å². The number of rotatable bonds is 3. The van der Waals surface area contributed by atoms with E-state index in [2.05, 4.69) is 15.2 Å². The zero-order valence-corrected chi connectivity index (χ0v) is 6.97. The highest BCUT2D eigenvalue weighted by Gasteiger charge is 2.00. The van der Waals surface area contributed by atoms with Crippen molar-refractivity contribution in [1.82, 2.24) is 0 Å². The van der Waals surface area contributed by atoms with Crippen LogP contribution in [0.15, 0.2) is 34.7 Å². The van der Waals surface area contributed by atoms with Crippen molar-refractivity contribution in [3.63, 3.8) is 0 Å². The monoisotopic (exact) mass is 180 g/mol. The average Bonchev–Trinajstić information content (AvgIpc) is 2.15. The van der Waals surface area contributed by atoms with E-state index < -0.39 is 5.97 Å². The van der Waals surface area contributed by atoms with Gasteiger partial charge in [0.25, 0.3) is 0 Å². The Morgan fingerprint density at radius 1 is 1.38 bits per heavy atom. The van der Waals surface area contributed by atoms with Gasteiger partial charge in [-0.05, 0) is 24.3 Å². The van der Waals surface area contributed by atoms with E-state index in [1.165, 1.54) is 19.2 Å². The van der Waals surface area contributed by atoms with Gasteiger partial charge in [0.05, 0.1) is 11.3 Å². The van der Waals surface area contributed by atoms with Gasteiger partial charge in [-0.1, -0.05) is 0 Å². The smallest absolute Gasteiger partial charge is 0.335 e. The molecule has 13 heavy (non-hydrogen) atoms. The van der Waals surface area contributed by atoms with Crippen molar-refractivity contribution in [3.8, 4) is 0 Å². The second kappa shape index (κ2) is 4.20. The Bertz CT molecular complexity index is 319. The van der Waals surface area contributed by atoms with Crippen molar-refractivity contribution < 1.29 is 14.7 Å². The lowest BCUT2D eigenvalue weighted by atomic mass is 10.2. The summed E-state index contributed by atoms with van der Waals surface area (Å²) in [5.74, 6) is -0.963. The molecule has 0 heterocycles. The highest BCUT2D eigenvalue weighted by molar-refractivity contribution is 5.87. The number of carboxylic acids is 1. The Balaban J connectivity index is 2.81. The van der Waals surface area contributed by atoms with E-state index in [0.29, 0.717) is 5.69 Å². The maximum Gasteiger partial charge on any atom is 0.335 e. The molecular weight excluding hydrogens is 172 g/mol. The van der Waals surface area contributed by atoms with Crippen molar-refractivity contribution in [2.45, 2.75) is 0 Å². The zero-order chi connectivity index (χ0) is 9.68. The van der Waals surface area contributed by atoms with Crippen molar-refractivity contribution in [2.24, 2.45) is 10.4 Å². The minimum Gasteiger partial charge on any atom is -0.478 e. The molecule has 1 aromatic carbocycles. The molecule has 0 bridgehead atoms. The molecule has 0 aromatic heterocycles. The first kappa shape index (κ1) is 9.18. The van der Waals surface area contributed by atoms with Crippen LogP contribution in [0.4, 0.5) is 5.69 Å². The van der Waals surface area contributed by atoms with Crippen molar-refractivity contribution in [1.29, 1.82) is 0 Å². The lowest BCUT2D eigenvalue weighted by molar-refractivity contribution is 0.0697. The lowest BCUT2D eigenvalue weighted by Crippen LogP contribution is -1.93. The molecule has 0 saturated carbocycles. The van der Waals surface area contributed by atoms with E-state index >= 15 is 0 Å². The molecule has 0 fully saturated rings. The molecule has 0 radical (unpaired) electrons. The molecular formula is C8H8N2O3. The highest BCUT2D eigenvalue weighted by atomic mass is 16.6. The van der Waals surface area contributed by atoms with Gasteiger partial charge in [-0.3, -0.25) is 0 Å². The van der Waals surface area contributed by atoms with E-state index in [0.717, 1.165) is 0 Å². The van der Waals surface area contributed by atoms with Crippen LogP contribution in [-0.2, 0) is 4.84 Å². The molecule has 68 valence electrons. The molecule has 0 spiro atoms. The lowest BCUT2D eigenvalue weighted by Gasteiger charge is -1.93. The number of benzene rings is 1. The van der Waals surface area contributed by atoms with Gasteiger partial charge in [0.2, 0.25) is 0 Å².